The van der Waals surface area contributed by atoms with Crippen molar-refractivity contribution < 1.29 is 19.8 Å². The molecule has 0 fully saturated rings. The van der Waals surface area contributed by atoms with Gasteiger partial charge in [0.05, 0.1) is 5.92 Å². The van der Waals surface area contributed by atoms with Crippen LogP contribution in [0.2, 0.25) is 0 Å². The van der Waals surface area contributed by atoms with Gasteiger partial charge in [-0.25, -0.2) is 0 Å². The Kier molecular flexibility index (Phi) is 8.46. The zero-order valence-corrected chi connectivity index (χ0v) is 10.8. The molecule has 0 spiro atoms. The fourth-order valence-corrected chi connectivity index (χ4v) is 2.14. The van der Waals surface area contributed by atoms with Gasteiger partial charge in [0.25, 0.3) is 0 Å². The van der Waals surface area contributed by atoms with Gasteiger partial charge in [-0.3, -0.25) is 9.59 Å². The van der Waals surface area contributed by atoms with Gasteiger partial charge in [-0.15, -0.1) is 0 Å². The molecule has 4 heteroatoms. The first-order chi connectivity index (χ1) is 8.01. The van der Waals surface area contributed by atoms with E-state index in [0.717, 1.165) is 25.7 Å². The molecule has 0 aliphatic carbocycles. The van der Waals surface area contributed by atoms with Gasteiger partial charge in [0.2, 0.25) is 0 Å². The topological polar surface area (TPSA) is 74.6 Å². The van der Waals surface area contributed by atoms with E-state index in [-0.39, 0.29) is 18.3 Å². The molecule has 2 N–H and O–H groups in total. The lowest BCUT2D eigenvalue weighted by molar-refractivity contribution is -0.144. The molecule has 17 heavy (non-hydrogen) atoms. The van der Waals surface area contributed by atoms with E-state index in [9.17, 15) is 9.59 Å². The van der Waals surface area contributed by atoms with Crippen molar-refractivity contribution in [2.45, 2.75) is 58.8 Å². The summed E-state index contributed by atoms with van der Waals surface area (Å²) in [5.41, 5.74) is 0. The van der Waals surface area contributed by atoms with Crippen LogP contribution in [0.3, 0.4) is 0 Å². The van der Waals surface area contributed by atoms with E-state index >= 15 is 0 Å². The molecule has 0 heterocycles. The van der Waals surface area contributed by atoms with E-state index in [1.54, 1.807) is 0 Å². The Morgan fingerprint density at radius 1 is 1.06 bits per heavy atom. The Hall–Kier alpha value is -1.06. The highest BCUT2D eigenvalue weighted by Gasteiger charge is 2.23. The van der Waals surface area contributed by atoms with Crippen molar-refractivity contribution in [3.63, 3.8) is 0 Å². The first kappa shape index (κ1) is 15.9. The summed E-state index contributed by atoms with van der Waals surface area (Å²) in [7, 11) is 0. The number of carboxylic acid groups (broad SMARTS) is 2. The Balaban J connectivity index is 4.34. The van der Waals surface area contributed by atoms with Gasteiger partial charge in [-0.05, 0) is 25.2 Å². The molecule has 0 bridgehead atoms. The number of rotatable bonds is 10. The standard InChI is InChI=1S/C13H24O4/c1-3-5-7-10(9-12(14)15)8-11(6-4-2)13(16)17/h10-11H,3-9H2,1-2H3,(H,14,15)(H,16,17). The lowest BCUT2D eigenvalue weighted by Gasteiger charge is -2.19. The number of hydrogen-bond acceptors (Lipinski definition) is 2. The SMILES string of the molecule is CCCCC(CC(=O)O)CC(CCC)C(=O)O. The highest BCUT2D eigenvalue weighted by Crippen LogP contribution is 2.24. The van der Waals surface area contributed by atoms with Crippen LogP contribution in [0.4, 0.5) is 0 Å². The predicted octanol–water partition coefficient (Wildman–Crippen LogP) is 3.16. The second-order valence-electron chi connectivity index (χ2n) is 4.67. The maximum atomic E-state index is 11.0. The molecule has 0 rings (SSSR count). The largest absolute Gasteiger partial charge is 0.481 e. The first-order valence-electron chi connectivity index (χ1n) is 6.45. The van der Waals surface area contributed by atoms with E-state index in [0.29, 0.717) is 12.8 Å². The van der Waals surface area contributed by atoms with Crippen LogP contribution in [-0.4, -0.2) is 22.2 Å². The van der Waals surface area contributed by atoms with Crippen LogP contribution in [0.25, 0.3) is 0 Å². The summed E-state index contributed by atoms with van der Waals surface area (Å²) in [5, 5.41) is 17.9. The third-order valence-corrected chi connectivity index (χ3v) is 3.03. The zero-order valence-electron chi connectivity index (χ0n) is 10.8. The maximum absolute atomic E-state index is 11.0. The normalized spacial score (nSPS) is 14.2. The van der Waals surface area contributed by atoms with E-state index in [1.165, 1.54) is 0 Å². The Labute approximate surface area is 103 Å². The van der Waals surface area contributed by atoms with E-state index in [2.05, 4.69) is 6.92 Å². The van der Waals surface area contributed by atoms with Crippen molar-refractivity contribution in [3.05, 3.63) is 0 Å². The molecular weight excluding hydrogens is 220 g/mol. The molecule has 0 aliphatic heterocycles. The molecule has 2 atom stereocenters. The average Bonchev–Trinajstić information content (AvgIpc) is 2.24. The molecule has 0 aromatic heterocycles. The number of carboxylic acids is 2. The van der Waals surface area contributed by atoms with Crippen molar-refractivity contribution in [2.75, 3.05) is 0 Å². The van der Waals surface area contributed by atoms with Crippen molar-refractivity contribution in [2.24, 2.45) is 11.8 Å². The third-order valence-electron chi connectivity index (χ3n) is 3.03. The van der Waals surface area contributed by atoms with E-state index in [1.807, 2.05) is 6.92 Å². The smallest absolute Gasteiger partial charge is 0.306 e. The summed E-state index contributed by atoms with van der Waals surface area (Å²) in [6, 6.07) is 0. The number of aliphatic carboxylic acids is 2. The van der Waals surface area contributed by atoms with Crippen LogP contribution in [-0.2, 0) is 9.59 Å². The minimum Gasteiger partial charge on any atom is -0.481 e. The van der Waals surface area contributed by atoms with Gasteiger partial charge < -0.3 is 10.2 Å². The molecule has 0 saturated carbocycles. The van der Waals surface area contributed by atoms with Crippen molar-refractivity contribution >= 4 is 11.9 Å². The summed E-state index contributed by atoms with van der Waals surface area (Å²) in [4.78, 5) is 21.8. The second-order valence-corrected chi connectivity index (χ2v) is 4.67. The summed E-state index contributed by atoms with van der Waals surface area (Å²) in [6.07, 6.45) is 4.85. The fraction of sp³-hybridized carbons (Fsp3) is 0.846. The van der Waals surface area contributed by atoms with Gasteiger partial charge in [0.15, 0.2) is 0 Å². The Bertz CT molecular complexity index is 238. The molecule has 4 nitrogen and oxygen atoms in total. The van der Waals surface area contributed by atoms with Crippen molar-refractivity contribution in [1.29, 1.82) is 0 Å². The molecule has 0 amide bonds. The molecule has 0 radical (unpaired) electrons. The zero-order chi connectivity index (χ0) is 13.3. The minimum atomic E-state index is -0.827. The Morgan fingerprint density at radius 2 is 1.71 bits per heavy atom. The molecule has 0 aromatic rings. The van der Waals surface area contributed by atoms with Crippen LogP contribution in [0.5, 0.6) is 0 Å². The number of unbranched alkanes of at least 4 members (excludes halogenated alkanes) is 1. The molecule has 0 saturated heterocycles. The quantitative estimate of drug-likeness (QED) is 0.619. The number of hydrogen-bond donors (Lipinski definition) is 2. The molecular formula is C13H24O4. The van der Waals surface area contributed by atoms with Gasteiger partial charge >= 0.3 is 11.9 Å². The van der Waals surface area contributed by atoms with Crippen molar-refractivity contribution in [3.8, 4) is 0 Å². The molecule has 0 aromatic carbocycles. The molecule has 2 unspecified atom stereocenters. The third kappa shape index (κ3) is 7.77. The monoisotopic (exact) mass is 244 g/mol. The first-order valence-corrected chi connectivity index (χ1v) is 6.45. The highest BCUT2D eigenvalue weighted by atomic mass is 16.4. The highest BCUT2D eigenvalue weighted by molar-refractivity contribution is 5.70. The maximum Gasteiger partial charge on any atom is 0.306 e. The average molecular weight is 244 g/mol. The lowest BCUT2D eigenvalue weighted by atomic mass is 9.86. The summed E-state index contributed by atoms with van der Waals surface area (Å²) in [5.74, 6) is -2.01. The van der Waals surface area contributed by atoms with E-state index < -0.39 is 11.9 Å². The van der Waals surface area contributed by atoms with Gasteiger partial charge in [-0.2, -0.15) is 0 Å². The Morgan fingerprint density at radius 3 is 2.12 bits per heavy atom. The van der Waals surface area contributed by atoms with Crippen LogP contribution < -0.4 is 0 Å². The summed E-state index contributed by atoms with van der Waals surface area (Å²) < 4.78 is 0. The van der Waals surface area contributed by atoms with Gasteiger partial charge in [0.1, 0.15) is 0 Å². The van der Waals surface area contributed by atoms with E-state index in [4.69, 9.17) is 10.2 Å². The van der Waals surface area contributed by atoms with Crippen molar-refractivity contribution in [1.82, 2.24) is 0 Å². The summed E-state index contributed by atoms with van der Waals surface area (Å²) >= 11 is 0. The fourth-order valence-electron chi connectivity index (χ4n) is 2.14. The van der Waals surface area contributed by atoms with Gasteiger partial charge in [-0.1, -0.05) is 33.1 Å². The van der Waals surface area contributed by atoms with Crippen LogP contribution in [0.1, 0.15) is 58.8 Å². The number of carbonyl (C=O) groups is 2. The van der Waals surface area contributed by atoms with Gasteiger partial charge in [0, 0.05) is 6.42 Å². The van der Waals surface area contributed by atoms with Crippen LogP contribution in [0, 0.1) is 11.8 Å². The summed E-state index contributed by atoms with van der Waals surface area (Å²) in [6.45, 7) is 4.01. The minimum absolute atomic E-state index is 0.0000926. The molecule has 100 valence electrons. The van der Waals surface area contributed by atoms with Crippen LogP contribution in [0.15, 0.2) is 0 Å². The lowest BCUT2D eigenvalue weighted by Crippen LogP contribution is -2.19. The van der Waals surface area contributed by atoms with Crippen LogP contribution >= 0.6 is 0 Å². The molecule has 0 aliphatic rings. The predicted molar refractivity (Wildman–Crippen MR) is 65.9 cm³/mol. The second kappa shape index (κ2) is 9.02.